The summed E-state index contributed by atoms with van der Waals surface area (Å²) in [4.78, 5) is 10.9. The Bertz CT molecular complexity index is 350. The van der Waals surface area contributed by atoms with Crippen LogP contribution in [0.5, 0.6) is 0 Å². The second-order valence-corrected chi connectivity index (χ2v) is 5.18. The maximum Gasteiger partial charge on any atom is 0.305 e. The van der Waals surface area contributed by atoms with Gasteiger partial charge in [-0.15, -0.1) is 0 Å². The minimum Gasteiger partial charge on any atom is -0.466 e. The van der Waals surface area contributed by atoms with Crippen LogP contribution >= 0.6 is 12.6 Å². The molecule has 0 unspecified atom stereocenters. The molecule has 0 aliphatic carbocycles. The molecule has 140 valence electrons. The largest absolute Gasteiger partial charge is 0.466 e. The number of unbranched alkanes of at least 4 members (excludes halogenated alkanes) is 2. The number of carbonyl (C=O) groups is 1. The summed E-state index contributed by atoms with van der Waals surface area (Å²) in [5.41, 5.74) is 0.996. The van der Waals surface area contributed by atoms with Crippen LogP contribution in [0.3, 0.4) is 0 Å². The summed E-state index contributed by atoms with van der Waals surface area (Å²) in [7, 11) is 0. The molecule has 0 amide bonds. The number of esters is 1. The predicted molar refractivity (Wildman–Crippen MR) is 111 cm³/mol. The van der Waals surface area contributed by atoms with E-state index in [4.69, 9.17) is 4.74 Å². The van der Waals surface area contributed by atoms with Crippen molar-refractivity contribution in [3.63, 3.8) is 0 Å². The molecule has 24 heavy (non-hydrogen) atoms. The van der Waals surface area contributed by atoms with Crippen LogP contribution in [0.1, 0.15) is 59.8 Å². The van der Waals surface area contributed by atoms with Crippen LogP contribution in [0.25, 0.3) is 0 Å². The number of rotatable bonds is 10. The fraction of sp³-hybridized carbons (Fsp3) is 0.550. The zero-order chi connectivity index (χ0) is 19.1. The third kappa shape index (κ3) is 37.1. The lowest BCUT2D eigenvalue weighted by Crippen LogP contribution is -2.11. The van der Waals surface area contributed by atoms with Gasteiger partial charge in [0.2, 0.25) is 0 Å². The van der Waals surface area contributed by atoms with Gasteiger partial charge in [-0.25, -0.2) is 0 Å². The van der Waals surface area contributed by atoms with Crippen LogP contribution in [0.4, 0.5) is 0 Å². The number of nitrogens with one attached hydrogen (secondary N) is 1. The molecule has 0 aliphatic rings. The number of carbonyl (C=O) groups excluding carboxylic acids is 1. The van der Waals surface area contributed by atoms with E-state index in [1.807, 2.05) is 39.0 Å². The Kier molecular flexibility index (Phi) is 30.3. The Morgan fingerprint density at radius 1 is 1.25 bits per heavy atom. The third-order valence-electron chi connectivity index (χ3n) is 2.46. The quantitative estimate of drug-likeness (QED) is 0.224. The van der Waals surface area contributed by atoms with Gasteiger partial charge < -0.3 is 10.1 Å². The highest BCUT2D eigenvalue weighted by Crippen LogP contribution is 2.00. The summed E-state index contributed by atoms with van der Waals surface area (Å²) >= 11 is 3.82. The average Bonchev–Trinajstić information content (AvgIpc) is 2.53. The van der Waals surface area contributed by atoms with E-state index in [2.05, 4.69) is 38.0 Å². The van der Waals surface area contributed by atoms with Crippen molar-refractivity contribution in [3.05, 3.63) is 48.6 Å². The minimum absolute atomic E-state index is 0.0830. The Balaban J connectivity index is -0.000000361. The van der Waals surface area contributed by atoms with E-state index in [1.165, 1.54) is 0 Å². The molecular weight excluding hydrogens is 318 g/mol. The second kappa shape index (κ2) is 26.5. The van der Waals surface area contributed by atoms with E-state index in [-0.39, 0.29) is 5.97 Å². The summed E-state index contributed by atoms with van der Waals surface area (Å²) in [6, 6.07) is 0. The fourth-order valence-electron chi connectivity index (χ4n) is 1.35. The Morgan fingerprint density at radius 3 is 2.25 bits per heavy atom. The molecule has 0 aromatic heterocycles. The lowest BCUT2D eigenvalue weighted by atomic mass is 10.2. The summed E-state index contributed by atoms with van der Waals surface area (Å²) < 4.78 is 4.82. The van der Waals surface area contributed by atoms with Gasteiger partial charge in [-0.1, -0.05) is 50.8 Å². The van der Waals surface area contributed by atoms with Gasteiger partial charge in [-0.3, -0.25) is 4.79 Å². The van der Waals surface area contributed by atoms with Crippen LogP contribution in [0.15, 0.2) is 48.6 Å². The third-order valence-corrected chi connectivity index (χ3v) is 2.67. The van der Waals surface area contributed by atoms with Gasteiger partial charge in [0.25, 0.3) is 0 Å². The summed E-state index contributed by atoms with van der Waals surface area (Å²) in [6.45, 7) is 16.4. The van der Waals surface area contributed by atoms with Gasteiger partial charge in [-0.2, -0.15) is 12.6 Å². The molecule has 0 bridgehead atoms. The molecule has 0 fully saturated rings. The fourth-order valence-corrected chi connectivity index (χ4v) is 1.56. The van der Waals surface area contributed by atoms with Crippen molar-refractivity contribution in [3.8, 4) is 0 Å². The van der Waals surface area contributed by atoms with Crippen LogP contribution in [-0.4, -0.2) is 19.1 Å². The lowest BCUT2D eigenvalue weighted by molar-refractivity contribution is -0.143. The van der Waals surface area contributed by atoms with Gasteiger partial charge in [0.15, 0.2) is 0 Å². The van der Waals surface area contributed by atoms with Crippen molar-refractivity contribution < 1.29 is 9.53 Å². The topological polar surface area (TPSA) is 38.3 Å². The van der Waals surface area contributed by atoms with Crippen molar-refractivity contribution in [1.29, 1.82) is 0 Å². The molecule has 0 aromatic rings. The molecule has 3 nitrogen and oxygen atoms in total. The average molecular weight is 356 g/mol. The molecule has 0 aliphatic heterocycles. The highest BCUT2D eigenvalue weighted by atomic mass is 32.1. The van der Waals surface area contributed by atoms with Crippen molar-refractivity contribution >= 4 is 18.6 Å². The van der Waals surface area contributed by atoms with Crippen molar-refractivity contribution in [2.24, 2.45) is 0 Å². The maximum atomic E-state index is 10.9. The number of hydrogen-bond donors (Lipinski definition) is 2. The van der Waals surface area contributed by atoms with Crippen LogP contribution in [0.2, 0.25) is 0 Å². The molecule has 0 radical (unpaired) electrons. The first-order valence-corrected chi connectivity index (χ1v) is 9.09. The van der Waals surface area contributed by atoms with Crippen molar-refractivity contribution in [1.82, 2.24) is 5.32 Å². The van der Waals surface area contributed by atoms with Crippen LogP contribution < -0.4 is 5.32 Å². The first-order chi connectivity index (χ1) is 11.5. The Labute approximate surface area is 155 Å². The molecule has 4 heteroatoms. The molecule has 0 atom stereocenters. The van der Waals surface area contributed by atoms with E-state index < -0.39 is 0 Å². The zero-order valence-corrected chi connectivity index (χ0v) is 16.9. The van der Waals surface area contributed by atoms with Gasteiger partial charge >= 0.3 is 5.97 Å². The predicted octanol–water partition coefficient (Wildman–Crippen LogP) is 5.82. The molecule has 0 saturated heterocycles. The lowest BCUT2D eigenvalue weighted by Gasteiger charge is -2.04. The molecule has 1 N–H and O–H groups in total. The molecule has 0 heterocycles. The summed E-state index contributed by atoms with van der Waals surface area (Å²) in [5, 5.41) is 4.90. The first kappa shape index (κ1) is 27.4. The number of thiol groups is 1. The molecule has 0 rings (SSSR count). The van der Waals surface area contributed by atoms with Crippen molar-refractivity contribution in [2.75, 3.05) is 13.2 Å². The van der Waals surface area contributed by atoms with Crippen LogP contribution in [0, 0.1) is 0 Å². The SMILES string of the molecule is C=C(C)NCCCCCC(=O)OCC.C=C/C=C\C.CC/C=C\S. The monoisotopic (exact) mass is 355 g/mol. The zero-order valence-electron chi connectivity index (χ0n) is 16.0. The van der Waals surface area contributed by atoms with Gasteiger partial charge in [0.05, 0.1) is 6.61 Å². The highest BCUT2D eigenvalue weighted by Gasteiger charge is 1.99. The second-order valence-electron chi connectivity index (χ2n) is 4.88. The van der Waals surface area contributed by atoms with E-state index in [0.29, 0.717) is 13.0 Å². The highest BCUT2D eigenvalue weighted by molar-refractivity contribution is 7.83. The van der Waals surface area contributed by atoms with Gasteiger partial charge in [0, 0.05) is 18.7 Å². The Morgan fingerprint density at radius 2 is 1.92 bits per heavy atom. The molecule has 0 saturated carbocycles. The summed E-state index contributed by atoms with van der Waals surface area (Å²) in [6.07, 6.45) is 12.2. The van der Waals surface area contributed by atoms with Gasteiger partial charge in [0.1, 0.15) is 0 Å². The molecule has 0 spiro atoms. The summed E-state index contributed by atoms with van der Waals surface area (Å²) in [5.74, 6) is -0.0830. The minimum atomic E-state index is -0.0830. The van der Waals surface area contributed by atoms with E-state index >= 15 is 0 Å². The van der Waals surface area contributed by atoms with Gasteiger partial charge in [-0.05, 0) is 45.4 Å². The first-order valence-electron chi connectivity index (χ1n) is 8.57. The molecular formula is C20H37NO2S. The number of allylic oxidation sites excluding steroid dienone is 5. The van der Waals surface area contributed by atoms with E-state index in [9.17, 15) is 4.79 Å². The number of hydrogen-bond acceptors (Lipinski definition) is 4. The normalized spacial score (nSPS) is 9.54. The van der Waals surface area contributed by atoms with Crippen LogP contribution in [-0.2, 0) is 9.53 Å². The van der Waals surface area contributed by atoms with E-state index in [0.717, 1.165) is 37.9 Å². The maximum absolute atomic E-state index is 10.9. The number of ether oxygens (including phenoxy) is 1. The molecule has 0 aromatic carbocycles. The van der Waals surface area contributed by atoms with Crippen molar-refractivity contribution in [2.45, 2.75) is 59.8 Å². The van der Waals surface area contributed by atoms with E-state index in [1.54, 1.807) is 11.5 Å². The Hall–Kier alpha value is -1.42. The standard InChI is InChI=1S/C11H21NO2.C5H8.C4H8S/c1-4-14-11(13)8-6-5-7-9-12-10(2)3;1-3-5-4-2;1-2-3-4-5/h12H,2,4-9H2,1,3H3;3-5H,1H2,2H3;3-5H,2H2,1H3/b;5-4-;4-3-. The smallest absolute Gasteiger partial charge is 0.305 e.